The second kappa shape index (κ2) is 9.92. The van der Waals surface area contributed by atoms with Crippen molar-refractivity contribution in [1.29, 1.82) is 0 Å². The molecule has 1 aliphatic heterocycles. The monoisotopic (exact) mass is 446 g/mol. The van der Waals surface area contributed by atoms with Gasteiger partial charge in [-0.1, -0.05) is 54.6 Å². The molecule has 164 valence electrons. The van der Waals surface area contributed by atoms with Gasteiger partial charge in [0, 0.05) is 12.1 Å². The van der Waals surface area contributed by atoms with Gasteiger partial charge in [-0.2, -0.15) is 0 Å². The van der Waals surface area contributed by atoms with E-state index in [2.05, 4.69) is 5.32 Å². The van der Waals surface area contributed by atoms with Crippen LogP contribution in [-0.4, -0.2) is 29.6 Å². The van der Waals surface area contributed by atoms with Crippen LogP contribution in [0.5, 0.6) is 5.75 Å². The molecule has 3 aromatic carbocycles. The number of nitrogens with one attached hydrogen (secondary N) is 1. The number of benzene rings is 3. The number of thioether (sulfide) groups is 1. The molecule has 3 aromatic rings. The summed E-state index contributed by atoms with van der Waals surface area (Å²) in [6.07, 6.45) is 0. The van der Waals surface area contributed by atoms with Gasteiger partial charge in [0.25, 0.3) is 5.91 Å². The first-order valence-electron chi connectivity index (χ1n) is 10.5. The number of nitrogens with zero attached hydrogens (tertiary/aromatic N) is 1. The molecule has 0 saturated carbocycles. The van der Waals surface area contributed by atoms with Crippen molar-refractivity contribution < 1.29 is 14.3 Å². The summed E-state index contributed by atoms with van der Waals surface area (Å²) in [6, 6.07) is 25.1. The molecule has 1 saturated heterocycles. The van der Waals surface area contributed by atoms with Crippen LogP contribution in [0.25, 0.3) is 0 Å². The molecule has 0 aliphatic carbocycles. The topological polar surface area (TPSA) is 58.6 Å². The molecule has 1 heterocycles. The number of hydrogen-bond acceptors (Lipinski definition) is 4. The summed E-state index contributed by atoms with van der Waals surface area (Å²) in [7, 11) is 1.63. The van der Waals surface area contributed by atoms with E-state index >= 15 is 0 Å². The quantitative estimate of drug-likeness (QED) is 0.557. The van der Waals surface area contributed by atoms with Crippen molar-refractivity contribution in [1.82, 2.24) is 10.2 Å². The van der Waals surface area contributed by atoms with Crippen molar-refractivity contribution in [3.63, 3.8) is 0 Å². The fraction of sp³-hybridized carbons (Fsp3) is 0.231. The molecule has 5 nitrogen and oxygen atoms in total. The van der Waals surface area contributed by atoms with Gasteiger partial charge in [-0.15, -0.1) is 11.8 Å². The average molecular weight is 447 g/mol. The van der Waals surface area contributed by atoms with Crippen LogP contribution in [0.15, 0.2) is 78.9 Å². The molecule has 4 rings (SSSR count). The molecule has 1 N–H and O–H groups in total. The average Bonchev–Trinajstić information content (AvgIpc) is 3.19. The molecule has 0 bridgehead atoms. The molecular weight excluding hydrogens is 420 g/mol. The molecule has 0 aromatic heterocycles. The minimum Gasteiger partial charge on any atom is -0.497 e. The molecule has 1 aliphatic rings. The molecule has 0 radical (unpaired) electrons. The zero-order valence-electron chi connectivity index (χ0n) is 18.2. The Morgan fingerprint density at radius 3 is 2.41 bits per heavy atom. The Morgan fingerprint density at radius 2 is 1.75 bits per heavy atom. The normalized spacial score (nSPS) is 16.6. The van der Waals surface area contributed by atoms with Gasteiger partial charge in [-0.3, -0.25) is 9.59 Å². The third kappa shape index (κ3) is 4.97. The van der Waals surface area contributed by atoms with Crippen LogP contribution in [0.4, 0.5) is 0 Å². The predicted molar refractivity (Wildman–Crippen MR) is 128 cm³/mol. The molecular formula is C26H26N2O3S. The highest BCUT2D eigenvalue weighted by Crippen LogP contribution is 2.39. The summed E-state index contributed by atoms with van der Waals surface area (Å²) in [5.41, 5.74) is 3.74. The number of carbonyl (C=O) groups is 2. The Labute approximate surface area is 192 Å². The van der Waals surface area contributed by atoms with E-state index < -0.39 is 0 Å². The Kier molecular flexibility index (Phi) is 6.81. The number of ether oxygens (including phenoxy) is 1. The van der Waals surface area contributed by atoms with Crippen molar-refractivity contribution in [3.8, 4) is 5.75 Å². The summed E-state index contributed by atoms with van der Waals surface area (Å²) in [6.45, 7) is 2.54. The fourth-order valence-electron chi connectivity index (χ4n) is 3.74. The third-order valence-corrected chi connectivity index (χ3v) is 6.84. The Hall–Kier alpha value is -3.25. The van der Waals surface area contributed by atoms with E-state index in [9.17, 15) is 9.59 Å². The van der Waals surface area contributed by atoms with E-state index in [1.807, 2.05) is 90.7 Å². The van der Waals surface area contributed by atoms with Gasteiger partial charge in [-0.05, 0) is 47.9 Å². The SMILES string of the molecule is COc1ccc([C@H](C)NC(=O)c2ccc([C@H]3SCC(=O)N3Cc3ccccc3)cc2)cc1. The smallest absolute Gasteiger partial charge is 0.251 e. The van der Waals surface area contributed by atoms with Crippen LogP contribution in [-0.2, 0) is 11.3 Å². The van der Waals surface area contributed by atoms with Crippen LogP contribution in [0, 0.1) is 0 Å². The maximum atomic E-state index is 12.7. The van der Waals surface area contributed by atoms with Crippen LogP contribution < -0.4 is 10.1 Å². The van der Waals surface area contributed by atoms with Gasteiger partial charge < -0.3 is 15.0 Å². The summed E-state index contributed by atoms with van der Waals surface area (Å²) < 4.78 is 5.19. The Balaban J connectivity index is 1.42. The van der Waals surface area contributed by atoms with E-state index in [-0.39, 0.29) is 23.2 Å². The minimum atomic E-state index is -0.129. The molecule has 0 spiro atoms. The largest absolute Gasteiger partial charge is 0.497 e. The molecule has 2 amide bonds. The zero-order valence-corrected chi connectivity index (χ0v) is 19.0. The fourth-order valence-corrected chi connectivity index (χ4v) is 4.92. The highest BCUT2D eigenvalue weighted by molar-refractivity contribution is 8.00. The van der Waals surface area contributed by atoms with Crippen LogP contribution in [0.2, 0.25) is 0 Å². The number of hydrogen-bond donors (Lipinski definition) is 1. The van der Waals surface area contributed by atoms with Gasteiger partial charge >= 0.3 is 0 Å². The molecule has 1 fully saturated rings. The summed E-state index contributed by atoms with van der Waals surface area (Å²) in [4.78, 5) is 27.1. The van der Waals surface area contributed by atoms with Gasteiger partial charge in [0.1, 0.15) is 11.1 Å². The first-order valence-corrected chi connectivity index (χ1v) is 11.6. The van der Waals surface area contributed by atoms with E-state index in [0.29, 0.717) is 17.9 Å². The number of carbonyl (C=O) groups excluding carboxylic acids is 2. The van der Waals surface area contributed by atoms with Gasteiger partial charge in [-0.25, -0.2) is 0 Å². The standard InChI is InChI=1S/C26H26N2O3S/c1-18(20-12-14-23(31-2)15-13-20)27-25(30)21-8-10-22(11-9-21)26-28(24(29)17-32-26)16-19-6-4-3-5-7-19/h3-15,18,26H,16-17H2,1-2H3,(H,27,30)/t18-,26+/m0/s1. The van der Waals surface area contributed by atoms with Crippen molar-refractivity contribution in [2.24, 2.45) is 0 Å². The first kappa shape index (κ1) is 22.0. The van der Waals surface area contributed by atoms with Crippen LogP contribution >= 0.6 is 11.8 Å². The molecule has 6 heteroatoms. The van der Waals surface area contributed by atoms with Crippen LogP contribution in [0.1, 0.15) is 45.4 Å². The maximum absolute atomic E-state index is 12.7. The van der Waals surface area contributed by atoms with E-state index in [1.54, 1.807) is 18.9 Å². The van der Waals surface area contributed by atoms with Crippen LogP contribution in [0.3, 0.4) is 0 Å². The van der Waals surface area contributed by atoms with Crippen molar-refractivity contribution in [2.45, 2.75) is 24.9 Å². The second-order valence-electron chi connectivity index (χ2n) is 7.76. The predicted octanol–water partition coefficient (Wildman–Crippen LogP) is 4.96. The van der Waals surface area contributed by atoms with E-state index in [1.165, 1.54) is 0 Å². The number of rotatable bonds is 7. The second-order valence-corrected chi connectivity index (χ2v) is 8.83. The summed E-state index contributed by atoms with van der Waals surface area (Å²) in [5.74, 6) is 1.27. The van der Waals surface area contributed by atoms with Gasteiger partial charge in [0.05, 0.1) is 18.9 Å². The Morgan fingerprint density at radius 1 is 1.06 bits per heavy atom. The number of methoxy groups -OCH3 is 1. The maximum Gasteiger partial charge on any atom is 0.251 e. The van der Waals surface area contributed by atoms with E-state index in [0.717, 1.165) is 22.4 Å². The lowest BCUT2D eigenvalue weighted by Crippen LogP contribution is -2.28. The van der Waals surface area contributed by atoms with Crippen molar-refractivity contribution in [3.05, 3.63) is 101 Å². The lowest BCUT2D eigenvalue weighted by molar-refractivity contribution is -0.128. The van der Waals surface area contributed by atoms with Crippen molar-refractivity contribution in [2.75, 3.05) is 12.9 Å². The first-order chi connectivity index (χ1) is 15.5. The van der Waals surface area contributed by atoms with Gasteiger partial charge in [0.2, 0.25) is 5.91 Å². The van der Waals surface area contributed by atoms with Crippen molar-refractivity contribution >= 4 is 23.6 Å². The highest BCUT2D eigenvalue weighted by Gasteiger charge is 2.32. The lowest BCUT2D eigenvalue weighted by Gasteiger charge is -2.24. The number of amides is 2. The minimum absolute atomic E-state index is 0.0435. The van der Waals surface area contributed by atoms with E-state index in [4.69, 9.17) is 4.74 Å². The Bertz CT molecular complexity index is 1070. The highest BCUT2D eigenvalue weighted by atomic mass is 32.2. The third-order valence-electron chi connectivity index (χ3n) is 5.59. The summed E-state index contributed by atoms with van der Waals surface area (Å²) >= 11 is 1.62. The molecule has 32 heavy (non-hydrogen) atoms. The molecule has 0 unspecified atom stereocenters. The van der Waals surface area contributed by atoms with Gasteiger partial charge in [0.15, 0.2) is 0 Å². The lowest BCUT2D eigenvalue weighted by atomic mass is 10.1. The summed E-state index contributed by atoms with van der Waals surface area (Å²) in [5, 5.41) is 2.99. The molecule has 2 atom stereocenters. The zero-order chi connectivity index (χ0) is 22.5.